The Kier molecular flexibility index (Phi) is 2.61. The molecule has 1 N–H and O–H groups in total. The van der Waals surface area contributed by atoms with Crippen LogP contribution in [-0.2, 0) is 10.0 Å². The first kappa shape index (κ1) is 11.9. The van der Waals surface area contributed by atoms with Crippen molar-refractivity contribution in [3.63, 3.8) is 0 Å². The molecule has 92 valence electrons. The van der Waals surface area contributed by atoms with Crippen LogP contribution in [0.5, 0.6) is 0 Å². The van der Waals surface area contributed by atoms with Gasteiger partial charge in [-0.05, 0) is 12.1 Å². The van der Waals surface area contributed by atoms with Gasteiger partial charge in [0.15, 0.2) is 0 Å². The fourth-order valence-electron chi connectivity index (χ4n) is 1.42. The number of halogens is 3. The van der Waals surface area contributed by atoms with Crippen molar-refractivity contribution >= 4 is 15.9 Å². The molecule has 0 saturated carbocycles. The maximum atomic E-state index is 12.0. The van der Waals surface area contributed by atoms with Gasteiger partial charge in [0.25, 0.3) is 10.0 Å². The Morgan fingerprint density at radius 3 is 2.53 bits per heavy atom. The van der Waals surface area contributed by atoms with Crippen molar-refractivity contribution in [3.8, 4) is 0 Å². The van der Waals surface area contributed by atoms with Gasteiger partial charge in [-0.3, -0.25) is 9.71 Å². The monoisotopic (exact) mass is 264 g/mol. The van der Waals surface area contributed by atoms with Gasteiger partial charge in [-0.1, -0.05) is 12.1 Å². The third-order valence-electron chi connectivity index (χ3n) is 2.08. The summed E-state index contributed by atoms with van der Waals surface area (Å²) < 4.78 is 61.0. The molecule has 17 heavy (non-hydrogen) atoms. The highest BCUT2D eigenvalue weighted by atomic mass is 32.2. The molecule has 4 nitrogen and oxygen atoms in total. The van der Waals surface area contributed by atoms with Crippen molar-refractivity contribution in [1.29, 1.82) is 0 Å². The van der Waals surface area contributed by atoms with E-state index in [9.17, 15) is 21.6 Å². The van der Waals surface area contributed by atoms with Gasteiger partial charge >= 0.3 is 6.18 Å². The molecule has 1 aliphatic rings. The van der Waals surface area contributed by atoms with E-state index in [1.54, 1.807) is 0 Å². The van der Waals surface area contributed by atoms with Crippen LogP contribution < -0.4 is 4.72 Å². The molecule has 0 aliphatic carbocycles. The normalized spacial score (nSPS) is 20.1. The number of amidine groups is 1. The van der Waals surface area contributed by atoms with Crippen molar-refractivity contribution in [2.75, 3.05) is 6.54 Å². The zero-order valence-corrected chi connectivity index (χ0v) is 9.14. The molecule has 1 heterocycles. The highest BCUT2D eigenvalue weighted by molar-refractivity contribution is 7.90. The van der Waals surface area contributed by atoms with Crippen LogP contribution in [0.3, 0.4) is 0 Å². The predicted molar refractivity (Wildman–Crippen MR) is 54.2 cm³/mol. The Hall–Kier alpha value is -1.57. The number of fused-ring (bicyclic) bond motifs is 1. The van der Waals surface area contributed by atoms with Crippen molar-refractivity contribution < 1.29 is 21.6 Å². The summed E-state index contributed by atoms with van der Waals surface area (Å²) in [4.78, 5) is 3.18. The third-order valence-corrected chi connectivity index (χ3v) is 3.48. The molecule has 1 aromatic carbocycles. The van der Waals surface area contributed by atoms with Crippen molar-refractivity contribution in [3.05, 3.63) is 29.8 Å². The fraction of sp³-hybridized carbons (Fsp3) is 0.222. The van der Waals surface area contributed by atoms with Crippen LogP contribution in [-0.4, -0.2) is 27.0 Å². The molecule has 0 bridgehead atoms. The highest BCUT2D eigenvalue weighted by Gasteiger charge is 2.32. The average molecular weight is 264 g/mol. The minimum atomic E-state index is -4.46. The van der Waals surface area contributed by atoms with Gasteiger partial charge in [0, 0.05) is 5.56 Å². The SMILES string of the molecule is O=S1(=O)NC(=NCC(F)(F)F)c2ccccc21. The number of hydrogen-bond donors (Lipinski definition) is 1. The third kappa shape index (κ3) is 2.41. The number of rotatable bonds is 1. The van der Waals surface area contributed by atoms with Gasteiger partial charge in [-0.2, -0.15) is 13.2 Å². The van der Waals surface area contributed by atoms with Gasteiger partial charge in [0.2, 0.25) is 0 Å². The topological polar surface area (TPSA) is 58.5 Å². The summed E-state index contributed by atoms with van der Waals surface area (Å²) >= 11 is 0. The lowest BCUT2D eigenvalue weighted by Gasteiger charge is -2.02. The van der Waals surface area contributed by atoms with Crippen molar-refractivity contribution in [2.45, 2.75) is 11.1 Å². The first-order chi connectivity index (χ1) is 7.80. The standard InChI is InChI=1S/C9H7F3N2O2S/c10-9(11,12)5-13-8-6-3-1-2-4-7(6)17(15,16)14-8/h1-4H,5H2,(H,13,14). The van der Waals surface area contributed by atoms with E-state index in [-0.39, 0.29) is 16.3 Å². The minimum Gasteiger partial charge on any atom is -0.263 e. The largest absolute Gasteiger partial charge is 0.408 e. The number of aliphatic imine (C=N–C) groups is 1. The summed E-state index contributed by atoms with van der Waals surface area (Å²) in [5.41, 5.74) is 0.164. The first-order valence-electron chi connectivity index (χ1n) is 4.53. The number of sulfonamides is 1. The second-order valence-electron chi connectivity index (χ2n) is 3.38. The Morgan fingerprint density at radius 2 is 1.88 bits per heavy atom. The van der Waals surface area contributed by atoms with Crippen LogP contribution in [0, 0.1) is 0 Å². The van der Waals surface area contributed by atoms with Crippen LogP contribution >= 0.6 is 0 Å². The predicted octanol–water partition coefficient (Wildman–Crippen LogP) is 1.29. The molecule has 8 heteroatoms. The van der Waals surface area contributed by atoms with E-state index in [4.69, 9.17) is 0 Å². The van der Waals surface area contributed by atoms with Gasteiger partial charge in [-0.15, -0.1) is 0 Å². The summed E-state index contributed by atoms with van der Waals surface area (Å²) in [7, 11) is -3.77. The van der Waals surface area contributed by atoms with Crippen LogP contribution in [0.25, 0.3) is 0 Å². The molecule has 0 saturated heterocycles. The summed E-state index contributed by atoms with van der Waals surface area (Å²) in [6.45, 7) is -1.42. The maximum Gasteiger partial charge on any atom is 0.408 e. The van der Waals surface area contributed by atoms with E-state index < -0.39 is 22.7 Å². The zero-order valence-electron chi connectivity index (χ0n) is 8.32. The summed E-state index contributed by atoms with van der Waals surface area (Å²) in [6, 6.07) is 5.74. The second kappa shape index (κ2) is 3.73. The molecule has 0 atom stereocenters. The number of nitrogens with zero attached hydrogens (tertiary/aromatic N) is 1. The van der Waals surface area contributed by atoms with Crippen molar-refractivity contribution in [1.82, 2.24) is 4.72 Å². The van der Waals surface area contributed by atoms with Gasteiger partial charge in [-0.25, -0.2) is 8.42 Å². The van der Waals surface area contributed by atoms with E-state index in [1.165, 1.54) is 24.3 Å². The average Bonchev–Trinajstić information content (AvgIpc) is 2.48. The molecule has 0 spiro atoms. The van der Waals surface area contributed by atoms with Crippen LogP contribution in [0.2, 0.25) is 0 Å². The highest BCUT2D eigenvalue weighted by Crippen LogP contribution is 2.23. The number of nitrogens with one attached hydrogen (secondary N) is 1. The number of benzene rings is 1. The lowest BCUT2D eigenvalue weighted by molar-refractivity contribution is -0.118. The fourth-order valence-corrected chi connectivity index (χ4v) is 2.67. The van der Waals surface area contributed by atoms with Gasteiger partial charge < -0.3 is 0 Å². The Morgan fingerprint density at radius 1 is 1.24 bits per heavy atom. The Labute approximate surface area is 95.2 Å². The Bertz CT molecular complexity index is 578. The van der Waals surface area contributed by atoms with E-state index in [0.29, 0.717) is 0 Å². The quantitative estimate of drug-likeness (QED) is 0.830. The molecule has 0 amide bonds. The summed E-state index contributed by atoms with van der Waals surface area (Å²) in [6.07, 6.45) is -4.46. The van der Waals surface area contributed by atoms with Crippen molar-refractivity contribution in [2.24, 2.45) is 4.99 Å². The van der Waals surface area contributed by atoms with Crippen LogP contribution in [0.1, 0.15) is 5.56 Å². The molecular weight excluding hydrogens is 257 g/mol. The second-order valence-corrected chi connectivity index (χ2v) is 5.03. The van der Waals surface area contributed by atoms with Gasteiger partial charge in [0.1, 0.15) is 12.4 Å². The molecule has 1 aliphatic heterocycles. The van der Waals surface area contributed by atoms with E-state index in [1.807, 2.05) is 4.72 Å². The molecule has 2 rings (SSSR count). The number of hydrogen-bond acceptors (Lipinski definition) is 3. The molecule has 0 radical (unpaired) electrons. The van der Waals surface area contributed by atoms with E-state index in [0.717, 1.165) is 0 Å². The lowest BCUT2D eigenvalue weighted by Crippen LogP contribution is -2.24. The minimum absolute atomic E-state index is 0.0547. The molecular formula is C9H7F3N2O2S. The summed E-state index contributed by atoms with van der Waals surface area (Å²) in [5, 5.41) is 0. The molecule has 0 unspecified atom stereocenters. The molecule has 0 aromatic heterocycles. The van der Waals surface area contributed by atoms with Gasteiger partial charge in [0.05, 0.1) is 4.90 Å². The maximum absolute atomic E-state index is 12.0. The van der Waals surface area contributed by atoms with E-state index >= 15 is 0 Å². The van der Waals surface area contributed by atoms with Crippen LogP contribution in [0.4, 0.5) is 13.2 Å². The number of alkyl halides is 3. The molecule has 0 fully saturated rings. The lowest BCUT2D eigenvalue weighted by atomic mass is 10.2. The smallest absolute Gasteiger partial charge is 0.263 e. The zero-order chi connectivity index (χ0) is 12.7. The van der Waals surface area contributed by atoms with E-state index in [2.05, 4.69) is 4.99 Å². The first-order valence-corrected chi connectivity index (χ1v) is 6.01. The Balaban J connectivity index is 2.42. The summed E-state index contributed by atoms with van der Waals surface area (Å²) in [5.74, 6) is -0.266. The van der Waals surface area contributed by atoms with Crippen LogP contribution in [0.15, 0.2) is 34.2 Å². The molecule has 1 aromatic rings.